The quantitative estimate of drug-likeness (QED) is 0.812. The Hall–Kier alpha value is -1.85. The first-order valence-corrected chi connectivity index (χ1v) is 10.5. The summed E-state index contributed by atoms with van der Waals surface area (Å²) in [4.78, 5) is 27.6. The van der Waals surface area contributed by atoms with E-state index in [4.69, 9.17) is 0 Å². The maximum Gasteiger partial charge on any atom is 0.225 e. The molecule has 1 aliphatic heterocycles. The predicted molar refractivity (Wildman–Crippen MR) is 102 cm³/mol. The van der Waals surface area contributed by atoms with Gasteiger partial charge in [0.25, 0.3) is 0 Å². The average molecular weight is 370 g/mol. The number of ketones is 1. The molecule has 0 unspecified atom stereocenters. The van der Waals surface area contributed by atoms with Crippen molar-refractivity contribution in [1.82, 2.24) is 5.32 Å². The lowest BCUT2D eigenvalue weighted by molar-refractivity contribution is -0.122. The average Bonchev–Trinajstić information content (AvgIpc) is 3.15. The van der Waals surface area contributed by atoms with Crippen LogP contribution in [0.3, 0.4) is 0 Å². The molecule has 0 spiro atoms. The molecular formula is C20H19NO2S2. The minimum absolute atomic E-state index is 0.0114. The van der Waals surface area contributed by atoms with Crippen molar-refractivity contribution in [3.05, 3.63) is 63.5 Å². The Labute approximate surface area is 155 Å². The number of hydrogen-bond donors (Lipinski definition) is 1. The highest BCUT2D eigenvalue weighted by Gasteiger charge is 2.38. The van der Waals surface area contributed by atoms with Crippen molar-refractivity contribution in [3.63, 3.8) is 0 Å². The van der Waals surface area contributed by atoms with E-state index < -0.39 is 0 Å². The van der Waals surface area contributed by atoms with Gasteiger partial charge in [-0.2, -0.15) is 0 Å². The van der Waals surface area contributed by atoms with Crippen molar-refractivity contribution in [2.75, 3.05) is 6.26 Å². The van der Waals surface area contributed by atoms with Crippen LogP contribution in [0.5, 0.6) is 0 Å². The summed E-state index contributed by atoms with van der Waals surface area (Å²) < 4.78 is 0. The van der Waals surface area contributed by atoms with E-state index in [2.05, 4.69) is 35.6 Å². The van der Waals surface area contributed by atoms with E-state index >= 15 is 0 Å². The van der Waals surface area contributed by atoms with Gasteiger partial charge in [-0.15, -0.1) is 23.1 Å². The van der Waals surface area contributed by atoms with E-state index in [0.717, 1.165) is 23.3 Å². The molecular weight excluding hydrogens is 350 g/mol. The third-order valence-electron chi connectivity index (χ3n) is 5.00. The number of carbonyl (C=O) groups is 2. The van der Waals surface area contributed by atoms with Crippen LogP contribution in [0.15, 0.2) is 57.9 Å². The summed E-state index contributed by atoms with van der Waals surface area (Å²) >= 11 is 3.37. The van der Waals surface area contributed by atoms with Crippen molar-refractivity contribution in [2.45, 2.75) is 36.0 Å². The second-order valence-corrected chi connectivity index (χ2v) is 8.37. The van der Waals surface area contributed by atoms with Crippen LogP contribution >= 0.6 is 23.1 Å². The highest BCUT2D eigenvalue weighted by molar-refractivity contribution is 7.98. The zero-order chi connectivity index (χ0) is 17.4. The molecule has 4 rings (SSSR count). The van der Waals surface area contributed by atoms with Crippen molar-refractivity contribution >= 4 is 34.8 Å². The van der Waals surface area contributed by atoms with Gasteiger partial charge in [-0.3, -0.25) is 9.59 Å². The zero-order valence-electron chi connectivity index (χ0n) is 14.0. The van der Waals surface area contributed by atoms with Crippen LogP contribution in [0.25, 0.3) is 0 Å². The predicted octanol–water partition coefficient (Wildman–Crippen LogP) is 4.47. The lowest BCUT2D eigenvalue weighted by atomic mass is 9.75. The molecule has 5 heteroatoms. The Morgan fingerprint density at radius 1 is 1.08 bits per heavy atom. The minimum Gasteiger partial charge on any atom is -0.329 e. The summed E-state index contributed by atoms with van der Waals surface area (Å²) in [5, 5.41) is 5.02. The number of Topliss-reactive ketones (excluding diaryl/α,β-unsaturated/α-hetero) is 1. The fraction of sp³-hybridized carbons (Fsp3) is 0.300. The lowest BCUT2D eigenvalue weighted by Gasteiger charge is -2.34. The molecule has 1 aromatic heterocycles. The smallest absolute Gasteiger partial charge is 0.225 e. The van der Waals surface area contributed by atoms with Gasteiger partial charge in [0.2, 0.25) is 5.91 Å². The molecule has 1 aliphatic carbocycles. The summed E-state index contributed by atoms with van der Waals surface area (Å²) in [5.74, 6) is 0.261. The van der Waals surface area contributed by atoms with Crippen LogP contribution in [0, 0.1) is 0 Å². The molecule has 3 nitrogen and oxygen atoms in total. The first-order valence-electron chi connectivity index (χ1n) is 8.39. The fourth-order valence-electron chi connectivity index (χ4n) is 3.81. The number of carbonyl (C=O) groups excluding carboxylic acids is 2. The third kappa shape index (κ3) is 3.18. The first kappa shape index (κ1) is 16.6. The van der Waals surface area contributed by atoms with Gasteiger partial charge in [0.15, 0.2) is 5.78 Å². The molecule has 25 heavy (non-hydrogen) atoms. The van der Waals surface area contributed by atoms with Crippen LogP contribution in [0.4, 0.5) is 0 Å². The molecule has 2 aromatic rings. The maximum atomic E-state index is 12.9. The van der Waals surface area contributed by atoms with Crippen LogP contribution in [-0.4, -0.2) is 17.9 Å². The van der Waals surface area contributed by atoms with Crippen molar-refractivity contribution in [2.24, 2.45) is 0 Å². The number of nitrogens with one attached hydrogen (secondary N) is 1. The molecule has 128 valence electrons. The summed E-state index contributed by atoms with van der Waals surface area (Å²) in [6, 6.07) is 12.3. The highest BCUT2D eigenvalue weighted by Crippen LogP contribution is 2.43. The van der Waals surface area contributed by atoms with Gasteiger partial charge in [-0.05, 0) is 41.8 Å². The van der Waals surface area contributed by atoms with E-state index in [0.29, 0.717) is 12.8 Å². The van der Waals surface area contributed by atoms with Crippen molar-refractivity contribution in [3.8, 4) is 0 Å². The monoisotopic (exact) mass is 369 g/mol. The number of allylic oxidation sites excluding steroid dienone is 2. The van der Waals surface area contributed by atoms with Gasteiger partial charge in [0, 0.05) is 45.7 Å². The van der Waals surface area contributed by atoms with Crippen LogP contribution < -0.4 is 5.32 Å². The minimum atomic E-state index is -0.114. The van der Waals surface area contributed by atoms with E-state index in [-0.39, 0.29) is 23.5 Å². The summed E-state index contributed by atoms with van der Waals surface area (Å²) in [6.45, 7) is 0. The summed E-state index contributed by atoms with van der Waals surface area (Å²) in [7, 11) is 0. The molecule has 2 atom stereocenters. The van der Waals surface area contributed by atoms with Gasteiger partial charge in [-0.1, -0.05) is 18.2 Å². The Balaban J connectivity index is 1.70. The topological polar surface area (TPSA) is 46.2 Å². The van der Waals surface area contributed by atoms with Gasteiger partial charge in [0.1, 0.15) is 0 Å². The van der Waals surface area contributed by atoms with E-state index in [1.54, 1.807) is 23.1 Å². The van der Waals surface area contributed by atoms with Gasteiger partial charge < -0.3 is 5.32 Å². The lowest BCUT2D eigenvalue weighted by Crippen LogP contribution is -2.38. The van der Waals surface area contributed by atoms with E-state index in [9.17, 15) is 9.59 Å². The molecule has 2 aliphatic rings. The van der Waals surface area contributed by atoms with E-state index in [1.807, 2.05) is 17.7 Å². The molecule has 1 aromatic carbocycles. The van der Waals surface area contributed by atoms with Crippen molar-refractivity contribution in [1.29, 1.82) is 0 Å². The second kappa shape index (κ2) is 6.81. The molecule has 1 N–H and O–H groups in total. The summed E-state index contributed by atoms with van der Waals surface area (Å²) in [5.41, 5.74) is 2.72. The molecule has 0 fully saturated rings. The van der Waals surface area contributed by atoms with Gasteiger partial charge in [-0.25, -0.2) is 0 Å². The normalized spacial score (nSPS) is 23.4. The Bertz CT molecular complexity index is 837. The maximum absolute atomic E-state index is 12.9. The third-order valence-corrected chi connectivity index (χ3v) is 6.78. The molecule has 0 bridgehead atoms. The fourth-order valence-corrected chi connectivity index (χ4v) is 5.04. The highest BCUT2D eigenvalue weighted by atomic mass is 32.2. The van der Waals surface area contributed by atoms with Crippen molar-refractivity contribution < 1.29 is 9.59 Å². The van der Waals surface area contributed by atoms with E-state index in [1.165, 1.54) is 9.77 Å². The van der Waals surface area contributed by atoms with Gasteiger partial charge >= 0.3 is 0 Å². The SMILES string of the molecule is CSc1ccc([C@H]2CC(=O)NC3=C2C(=O)C[C@@H](c2cccs2)C3)cc1. The molecule has 1 amide bonds. The number of hydrogen-bond acceptors (Lipinski definition) is 4. The number of thiophene rings is 1. The summed E-state index contributed by atoms with van der Waals surface area (Å²) in [6.07, 6.45) is 3.67. The molecule has 0 saturated carbocycles. The van der Waals surface area contributed by atoms with Gasteiger partial charge in [0.05, 0.1) is 0 Å². The van der Waals surface area contributed by atoms with Crippen LogP contribution in [0.2, 0.25) is 0 Å². The zero-order valence-corrected chi connectivity index (χ0v) is 15.6. The largest absolute Gasteiger partial charge is 0.329 e. The Morgan fingerprint density at radius 2 is 1.88 bits per heavy atom. The standard InChI is InChI=1S/C20H19NO2S2/c1-24-14-6-4-12(5-7-14)15-11-19(23)21-16-9-13(10-17(22)20(15)16)18-3-2-8-25-18/h2-8,13,15H,9-11H2,1H3,(H,21,23)/t13-,15+/m0/s1. The Morgan fingerprint density at radius 3 is 2.56 bits per heavy atom. The molecule has 0 radical (unpaired) electrons. The molecule has 2 heterocycles. The first-order chi connectivity index (χ1) is 12.2. The molecule has 0 saturated heterocycles. The second-order valence-electron chi connectivity index (χ2n) is 6.51. The van der Waals surface area contributed by atoms with Crippen LogP contribution in [-0.2, 0) is 9.59 Å². The number of rotatable bonds is 3. The number of thioether (sulfide) groups is 1. The number of amides is 1. The van der Waals surface area contributed by atoms with Crippen LogP contribution in [0.1, 0.15) is 41.5 Å². The number of benzene rings is 1. The Kier molecular flexibility index (Phi) is 4.52.